The molecule has 5 rings (SSSR count). The summed E-state index contributed by atoms with van der Waals surface area (Å²) in [6.07, 6.45) is -6.70. The summed E-state index contributed by atoms with van der Waals surface area (Å²) >= 11 is 0. The van der Waals surface area contributed by atoms with Crippen LogP contribution in [0.15, 0.2) is 78.9 Å². The minimum atomic E-state index is -5.27. The summed E-state index contributed by atoms with van der Waals surface area (Å²) in [4.78, 5) is 0. The van der Waals surface area contributed by atoms with Crippen molar-refractivity contribution in [2.24, 2.45) is 0 Å². The summed E-state index contributed by atoms with van der Waals surface area (Å²) < 4.78 is 179. The smallest absolute Gasteiger partial charge is 0.429 e. The predicted molar refractivity (Wildman–Crippen MR) is 163 cm³/mol. The second-order valence-corrected chi connectivity index (χ2v) is 11.4. The first-order chi connectivity index (χ1) is 24.0. The molecule has 0 atom stereocenters. The standard InChI is InChI=1S/C37H24F12O2/c1-2-3-4-5-19-6-9-24(26(38)12-19)20-7-10-25(27(39)13-20)22-15-31(43)35(32(44)16-22)36(45,46)50-23-17-29(41)34(30(42)18-23)21-8-11-33(28(40)14-21)51-37(47,48)49/h6-18H,2-5H2,1H3. The van der Waals surface area contributed by atoms with Crippen LogP contribution >= 0.6 is 0 Å². The highest BCUT2D eigenvalue weighted by Gasteiger charge is 2.42. The molecule has 0 aliphatic carbocycles. The minimum absolute atomic E-state index is 0.0608. The van der Waals surface area contributed by atoms with E-state index in [1.54, 1.807) is 6.07 Å². The van der Waals surface area contributed by atoms with Gasteiger partial charge in [-0.2, -0.15) is 8.78 Å². The Kier molecular flexibility index (Phi) is 10.6. The molecule has 0 saturated carbocycles. The van der Waals surface area contributed by atoms with Crippen molar-refractivity contribution < 1.29 is 62.2 Å². The van der Waals surface area contributed by atoms with Crippen molar-refractivity contribution in [2.75, 3.05) is 0 Å². The van der Waals surface area contributed by atoms with Crippen LogP contribution in [-0.4, -0.2) is 6.36 Å². The molecule has 0 unspecified atom stereocenters. The largest absolute Gasteiger partial charge is 0.573 e. The summed E-state index contributed by atoms with van der Waals surface area (Å²) in [5.74, 6) is -13.0. The van der Waals surface area contributed by atoms with Gasteiger partial charge in [0.15, 0.2) is 11.6 Å². The second-order valence-electron chi connectivity index (χ2n) is 11.4. The van der Waals surface area contributed by atoms with Crippen molar-refractivity contribution in [2.45, 2.75) is 45.1 Å². The lowest BCUT2D eigenvalue weighted by Gasteiger charge is -2.21. The molecule has 0 aromatic heterocycles. The number of halogens is 12. The lowest BCUT2D eigenvalue weighted by atomic mass is 9.96. The fourth-order valence-electron chi connectivity index (χ4n) is 5.40. The van der Waals surface area contributed by atoms with E-state index in [1.165, 1.54) is 18.2 Å². The summed E-state index contributed by atoms with van der Waals surface area (Å²) in [5.41, 5.74) is -3.70. The van der Waals surface area contributed by atoms with Gasteiger partial charge >= 0.3 is 12.5 Å². The average Bonchev–Trinajstić information content (AvgIpc) is 3.01. The third-order valence-corrected chi connectivity index (χ3v) is 7.73. The quantitative estimate of drug-likeness (QED) is 0.0996. The van der Waals surface area contributed by atoms with Gasteiger partial charge in [0, 0.05) is 23.3 Å². The Labute approximate surface area is 282 Å². The van der Waals surface area contributed by atoms with E-state index in [-0.39, 0.29) is 23.3 Å². The van der Waals surface area contributed by atoms with E-state index >= 15 is 22.0 Å². The van der Waals surface area contributed by atoms with E-state index in [1.807, 2.05) is 6.92 Å². The molecule has 268 valence electrons. The number of rotatable bonds is 11. The maximum Gasteiger partial charge on any atom is 0.573 e. The molecular formula is C37H24F12O2. The van der Waals surface area contributed by atoms with E-state index in [2.05, 4.69) is 9.47 Å². The van der Waals surface area contributed by atoms with Crippen molar-refractivity contribution in [3.63, 3.8) is 0 Å². The maximum absolute atomic E-state index is 15.2. The zero-order chi connectivity index (χ0) is 37.2. The molecule has 0 spiro atoms. The van der Waals surface area contributed by atoms with Crippen molar-refractivity contribution in [3.8, 4) is 44.9 Å². The molecule has 0 bridgehead atoms. The molecule has 0 aliphatic heterocycles. The van der Waals surface area contributed by atoms with Gasteiger partial charge in [-0.15, -0.1) is 13.2 Å². The van der Waals surface area contributed by atoms with Crippen molar-refractivity contribution in [1.29, 1.82) is 0 Å². The second kappa shape index (κ2) is 14.6. The topological polar surface area (TPSA) is 18.5 Å². The van der Waals surface area contributed by atoms with Crippen molar-refractivity contribution in [1.82, 2.24) is 0 Å². The molecule has 0 amide bonds. The zero-order valence-electron chi connectivity index (χ0n) is 26.2. The van der Waals surface area contributed by atoms with E-state index in [9.17, 15) is 30.7 Å². The number of benzene rings is 5. The fraction of sp³-hybridized carbons (Fsp3) is 0.189. The molecule has 0 heterocycles. The molecule has 0 saturated heterocycles. The lowest BCUT2D eigenvalue weighted by molar-refractivity contribution is -0.275. The Balaban J connectivity index is 1.37. The fourth-order valence-corrected chi connectivity index (χ4v) is 5.40. The monoisotopic (exact) mass is 728 g/mol. The van der Waals surface area contributed by atoms with Gasteiger partial charge in [-0.05, 0) is 71.5 Å². The molecule has 51 heavy (non-hydrogen) atoms. The summed E-state index contributed by atoms with van der Waals surface area (Å²) in [6.45, 7) is 2.03. The number of aryl methyl sites for hydroxylation is 1. The van der Waals surface area contributed by atoms with E-state index in [0.29, 0.717) is 36.8 Å². The first-order valence-electron chi connectivity index (χ1n) is 15.2. The first kappa shape index (κ1) is 37.1. The van der Waals surface area contributed by atoms with Crippen LogP contribution in [-0.2, 0) is 12.5 Å². The molecule has 0 N–H and O–H groups in total. The van der Waals surface area contributed by atoms with Crippen LogP contribution in [0, 0.1) is 40.7 Å². The van der Waals surface area contributed by atoms with E-state index < -0.39 is 92.5 Å². The Bertz CT molecular complexity index is 2030. The van der Waals surface area contributed by atoms with Crippen molar-refractivity contribution in [3.05, 3.63) is 131 Å². The van der Waals surface area contributed by atoms with E-state index in [0.717, 1.165) is 37.0 Å². The summed E-state index contributed by atoms with van der Waals surface area (Å²) in [5, 5.41) is 0. The minimum Gasteiger partial charge on any atom is -0.429 e. The highest BCUT2D eigenvalue weighted by atomic mass is 19.4. The van der Waals surface area contributed by atoms with Gasteiger partial charge in [-0.1, -0.05) is 50.1 Å². The molecular weight excluding hydrogens is 704 g/mol. The maximum atomic E-state index is 15.2. The van der Waals surface area contributed by atoms with Gasteiger partial charge in [-0.3, -0.25) is 0 Å². The number of alkyl halides is 5. The molecule has 0 aliphatic rings. The van der Waals surface area contributed by atoms with Gasteiger partial charge < -0.3 is 9.47 Å². The highest BCUT2D eigenvalue weighted by molar-refractivity contribution is 5.72. The normalized spacial score (nSPS) is 11.9. The Morgan fingerprint density at radius 3 is 1.63 bits per heavy atom. The van der Waals surface area contributed by atoms with Crippen LogP contribution in [0.2, 0.25) is 0 Å². The van der Waals surface area contributed by atoms with Gasteiger partial charge in [-0.25, -0.2) is 30.7 Å². The van der Waals surface area contributed by atoms with Gasteiger partial charge in [0.05, 0.1) is 5.56 Å². The van der Waals surface area contributed by atoms with Crippen LogP contribution in [0.3, 0.4) is 0 Å². The Morgan fingerprint density at radius 1 is 0.510 bits per heavy atom. The van der Waals surface area contributed by atoms with Crippen LogP contribution in [0.5, 0.6) is 11.5 Å². The number of hydrogen-bond donors (Lipinski definition) is 0. The molecule has 5 aromatic rings. The zero-order valence-corrected chi connectivity index (χ0v) is 26.2. The molecule has 2 nitrogen and oxygen atoms in total. The number of ether oxygens (including phenoxy) is 2. The SMILES string of the molecule is CCCCCc1ccc(-c2ccc(-c3cc(F)c(C(F)(F)Oc4cc(F)c(-c5ccc(OC(F)(F)F)c(F)c5)c(F)c4)c(F)c3)c(F)c2)c(F)c1. The van der Waals surface area contributed by atoms with E-state index in [4.69, 9.17) is 0 Å². The Morgan fingerprint density at radius 2 is 1.06 bits per heavy atom. The van der Waals surface area contributed by atoms with Gasteiger partial charge in [0.1, 0.15) is 46.2 Å². The van der Waals surface area contributed by atoms with Crippen LogP contribution in [0.4, 0.5) is 52.7 Å². The summed E-state index contributed by atoms with van der Waals surface area (Å²) in [6, 6.07) is 10.3. The molecule has 5 aromatic carbocycles. The molecule has 0 radical (unpaired) electrons. The third-order valence-electron chi connectivity index (χ3n) is 7.73. The summed E-state index contributed by atoms with van der Waals surface area (Å²) in [7, 11) is 0. The van der Waals surface area contributed by atoms with Crippen LogP contribution in [0.1, 0.15) is 37.3 Å². The lowest BCUT2D eigenvalue weighted by Crippen LogP contribution is -2.25. The van der Waals surface area contributed by atoms with Gasteiger partial charge in [0.25, 0.3) is 0 Å². The molecule has 0 fully saturated rings. The highest BCUT2D eigenvalue weighted by Crippen LogP contribution is 2.40. The first-order valence-corrected chi connectivity index (χ1v) is 15.2. The van der Waals surface area contributed by atoms with Crippen LogP contribution in [0.25, 0.3) is 33.4 Å². The Hall–Kier alpha value is -5.14. The third kappa shape index (κ3) is 8.43. The average molecular weight is 729 g/mol. The van der Waals surface area contributed by atoms with Crippen molar-refractivity contribution >= 4 is 0 Å². The van der Waals surface area contributed by atoms with Gasteiger partial charge in [0.2, 0.25) is 0 Å². The molecule has 14 heteroatoms. The predicted octanol–water partition coefficient (Wildman–Crippen LogP) is 12.4. The number of unbranched alkanes of at least 4 members (excludes halogenated alkanes) is 2. The number of hydrogen-bond acceptors (Lipinski definition) is 2. The van der Waals surface area contributed by atoms with Crippen LogP contribution < -0.4 is 9.47 Å².